The van der Waals surface area contributed by atoms with Crippen molar-refractivity contribution in [1.82, 2.24) is 9.88 Å². The smallest absolute Gasteiger partial charge is 0.129 e. The first-order valence-corrected chi connectivity index (χ1v) is 6.79. The number of rotatable bonds is 2. The zero-order chi connectivity index (χ0) is 13.2. The summed E-state index contributed by atoms with van der Waals surface area (Å²) in [6.07, 6.45) is 0. The third-order valence-corrected chi connectivity index (χ3v) is 3.80. The maximum absolute atomic E-state index is 5.69. The summed E-state index contributed by atoms with van der Waals surface area (Å²) in [5, 5.41) is 1.18. The van der Waals surface area contributed by atoms with Gasteiger partial charge >= 0.3 is 0 Å². The number of aromatic nitrogens is 1. The lowest BCUT2D eigenvalue weighted by atomic mass is 10.1. The fourth-order valence-electron chi connectivity index (χ4n) is 2.49. The summed E-state index contributed by atoms with van der Waals surface area (Å²) < 4.78 is 0. The van der Waals surface area contributed by atoms with Gasteiger partial charge in [0.2, 0.25) is 0 Å². The van der Waals surface area contributed by atoms with E-state index in [4.69, 9.17) is 10.7 Å². The number of likely N-dealkylation sites (N-methyl/N-ethyl adjacent to an activating group) is 1. The van der Waals surface area contributed by atoms with Crippen LogP contribution in [0.3, 0.4) is 0 Å². The second-order valence-corrected chi connectivity index (χ2v) is 5.19. The monoisotopic (exact) mass is 256 g/mol. The lowest BCUT2D eigenvalue weighted by molar-refractivity contribution is 0.312. The first-order chi connectivity index (χ1) is 9.26. The summed E-state index contributed by atoms with van der Waals surface area (Å²) in [6.45, 7) is 4.86. The number of anilines is 1. The van der Waals surface area contributed by atoms with Gasteiger partial charge in [0.25, 0.3) is 0 Å². The molecule has 1 aliphatic rings. The Hall–Kier alpha value is -1.65. The van der Waals surface area contributed by atoms with Gasteiger partial charge in [0.15, 0.2) is 0 Å². The number of nitrogens with zero attached hydrogens (tertiary/aromatic N) is 3. The number of piperazine rings is 1. The van der Waals surface area contributed by atoms with Crippen LogP contribution in [0.4, 0.5) is 5.82 Å². The van der Waals surface area contributed by atoms with Crippen LogP contribution < -0.4 is 10.6 Å². The Bertz CT molecular complexity index is 573. The second kappa shape index (κ2) is 5.15. The standard InChI is InChI=1S/C15H20N4/c1-18-6-8-19(9-7-18)15-5-4-13-3-2-12(11-16)10-14(13)17-15/h2-5,10H,6-9,11,16H2,1H3. The van der Waals surface area contributed by atoms with Crippen LogP contribution in [0.25, 0.3) is 10.9 Å². The zero-order valence-corrected chi connectivity index (χ0v) is 11.3. The van der Waals surface area contributed by atoms with E-state index in [1.54, 1.807) is 0 Å². The van der Waals surface area contributed by atoms with Crippen LogP contribution in [0, 0.1) is 0 Å². The SMILES string of the molecule is CN1CCN(c2ccc3ccc(CN)cc3n2)CC1. The number of hydrogen-bond acceptors (Lipinski definition) is 4. The van der Waals surface area contributed by atoms with Crippen LogP contribution in [0.15, 0.2) is 30.3 Å². The summed E-state index contributed by atoms with van der Waals surface area (Å²) >= 11 is 0. The average Bonchev–Trinajstić information content (AvgIpc) is 2.47. The van der Waals surface area contributed by atoms with Crippen molar-refractivity contribution in [3.8, 4) is 0 Å². The molecule has 3 rings (SSSR count). The van der Waals surface area contributed by atoms with Crippen LogP contribution in [-0.4, -0.2) is 43.1 Å². The molecule has 19 heavy (non-hydrogen) atoms. The van der Waals surface area contributed by atoms with Crippen molar-refractivity contribution >= 4 is 16.7 Å². The zero-order valence-electron chi connectivity index (χ0n) is 11.3. The molecule has 1 aromatic carbocycles. The molecule has 2 heterocycles. The summed E-state index contributed by atoms with van der Waals surface area (Å²) in [5.41, 5.74) is 7.87. The van der Waals surface area contributed by atoms with Crippen molar-refractivity contribution in [3.05, 3.63) is 35.9 Å². The largest absolute Gasteiger partial charge is 0.354 e. The summed E-state index contributed by atoms with van der Waals surface area (Å²) in [7, 11) is 2.17. The quantitative estimate of drug-likeness (QED) is 0.883. The molecule has 1 aromatic heterocycles. The molecule has 0 radical (unpaired) electrons. The Morgan fingerprint density at radius 1 is 1.11 bits per heavy atom. The van der Waals surface area contributed by atoms with Crippen molar-refractivity contribution in [2.45, 2.75) is 6.54 Å². The number of nitrogens with two attached hydrogens (primary N) is 1. The summed E-state index contributed by atoms with van der Waals surface area (Å²) in [6, 6.07) is 10.5. The maximum atomic E-state index is 5.69. The van der Waals surface area contributed by atoms with Gasteiger partial charge in [-0.3, -0.25) is 0 Å². The molecule has 0 aliphatic carbocycles. The highest BCUT2D eigenvalue weighted by atomic mass is 15.3. The molecule has 2 N–H and O–H groups in total. The molecule has 4 heteroatoms. The van der Waals surface area contributed by atoms with Gasteiger partial charge in [0.1, 0.15) is 5.82 Å². The van der Waals surface area contributed by atoms with Gasteiger partial charge in [0, 0.05) is 38.1 Å². The highest BCUT2D eigenvalue weighted by Crippen LogP contribution is 2.20. The van der Waals surface area contributed by atoms with E-state index in [0.717, 1.165) is 43.1 Å². The number of benzene rings is 1. The van der Waals surface area contributed by atoms with E-state index in [-0.39, 0.29) is 0 Å². The fourth-order valence-corrected chi connectivity index (χ4v) is 2.49. The normalized spacial score (nSPS) is 17.1. The van der Waals surface area contributed by atoms with Crippen LogP contribution in [-0.2, 0) is 6.54 Å². The third kappa shape index (κ3) is 2.55. The van der Waals surface area contributed by atoms with Gasteiger partial charge in [-0.1, -0.05) is 12.1 Å². The highest BCUT2D eigenvalue weighted by Gasteiger charge is 2.15. The highest BCUT2D eigenvalue weighted by molar-refractivity contribution is 5.81. The van der Waals surface area contributed by atoms with Crippen molar-refractivity contribution in [1.29, 1.82) is 0 Å². The van der Waals surface area contributed by atoms with Gasteiger partial charge in [-0.25, -0.2) is 4.98 Å². The topological polar surface area (TPSA) is 45.4 Å². The molecule has 1 aliphatic heterocycles. The van der Waals surface area contributed by atoms with Crippen molar-refractivity contribution in [2.75, 3.05) is 38.1 Å². The number of hydrogen-bond donors (Lipinski definition) is 1. The molecular formula is C15H20N4. The molecule has 100 valence electrons. The van der Waals surface area contributed by atoms with Gasteiger partial charge in [0.05, 0.1) is 5.52 Å². The average molecular weight is 256 g/mol. The Balaban J connectivity index is 1.91. The van der Waals surface area contributed by atoms with E-state index < -0.39 is 0 Å². The molecule has 1 fully saturated rings. The van der Waals surface area contributed by atoms with Gasteiger partial charge in [-0.2, -0.15) is 0 Å². The molecular weight excluding hydrogens is 236 g/mol. The van der Waals surface area contributed by atoms with Crippen molar-refractivity contribution in [2.24, 2.45) is 5.73 Å². The van der Waals surface area contributed by atoms with E-state index in [1.165, 1.54) is 5.39 Å². The van der Waals surface area contributed by atoms with Gasteiger partial charge in [-0.15, -0.1) is 0 Å². The molecule has 4 nitrogen and oxygen atoms in total. The van der Waals surface area contributed by atoms with Crippen molar-refractivity contribution < 1.29 is 0 Å². The molecule has 0 spiro atoms. The Morgan fingerprint density at radius 3 is 2.58 bits per heavy atom. The third-order valence-electron chi connectivity index (χ3n) is 3.80. The van der Waals surface area contributed by atoms with E-state index in [2.05, 4.69) is 47.2 Å². The molecule has 0 atom stereocenters. The molecule has 0 bridgehead atoms. The van der Waals surface area contributed by atoms with Gasteiger partial charge < -0.3 is 15.5 Å². The van der Waals surface area contributed by atoms with E-state index >= 15 is 0 Å². The fraction of sp³-hybridized carbons (Fsp3) is 0.400. The lowest BCUT2D eigenvalue weighted by Crippen LogP contribution is -2.44. The molecule has 1 saturated heterocycles. The first-order valence-electron chi connectivity index (χ1n) is 6.79. The number of pyridine rings is 1. The van der Waals surface area contributed by atoms with Crippen LogP contribution in [0.2, 0.25) is 0 Å². The Labute approximate surface area is 113 Å². The molecule has 0 unspecified atom stereocenters. The van der Waals surface area contributed by atoms with Crippen LogP contribution in [0.5, 0.6) is 0 Å². The summed E-state index contributed by atoms with van der Waals surface area (Å²) in [4.78, 5) is 9.49. The van der Waals surface area contributed by atoms with Crippen LogP contribution >= 0.6 is 0 Å². The molecule has 2 aromatic rings. The minimum atomic E-state index is 0.566. The molecule has 0 saturated carbocycles. The van der Waals surface area contributed by atoms with Gasteiger partial charge in [-0.05, 0) is 30.8 Å². The lowest BCUT2D eigenvalue weighted by Gasteiger charge is -2.33. The minimum Gasteiger partial charge on any atom is -0.354 e. The summed E-state index contributed by atoms with van der Waals surface area (Å²) in [5.74, 6) is 1.08. The first kappa shape index (κ1) is 12.4. The predicted octanol–water partition coefficient (Wildman–Crippen LogP) is 1.45. The van der Waals surface area contributed by atoms with E-state index in [1.807, 2.05) is 0 Å². The maximum Gasteiger partial charge on any atom is 0.129 e. The van der Waals surface area contributed by atoms with Crippen molar-refractivity contribution in [3.63, 3.8) is 0 Å². The van der Waals surface area contributed by atoms with Crippen LogP contribution in [0.1, 0.15) is 5.56 Å². The Kier molecular flexibility index (Phi) is 3.36. The Morgan fingerprint density at radius 2 is 1.84 bits per heavy atom. The second-order valence-electron chi connectivity index (χ2n) is 5.19. The van der Waals surface area contributed by atoms with E-state index in [9.17, 15) is 0 Å². The molecule has 0 amide bonds. The number of fused-ring (bicyclic) bond motifs is 1. The predicted molar refractivity (Wildman–Crippen MR) is 79.3 cm³/mol. The minimum absolute atomic E-state index is 0.566. The van der Waals surface area contributed by atoms with E-state index in [0.29, 0.717) is 6.54 Å².